The number of fused-ring (bicyclic) bond motifs is 1. The number of nitrogens with zero attached hydrogens (tertiary/aromatic N) is 2. The van der Waals surface area contributed by atoms with Crippen LogP contribution in [0, 0.1) is 5.92 Å². The van der Waals surface area contributed by atoms with Gasteiger partial charge in [0.15, 0.2) is 0 Å². The SMILES string of the molecule is CS(=O)(=O)N1CCC(CNC(=O)[C@@H]2Cc3ccccc3CN2S(=O)(=O)c2cccs2)CC1. The molecular formula is C21H27N3O5S3. The average Bonchev–Trinajstić information content (AvgIpc) is 3.32. The zero-order valence-electron chi connectivity index (χ0n) is 17.8. The molecule has 0 radical (unpaired) electrons. The van der Waals surface area contributed by atoms with Crippen molar-refractivity contribution in [3.63, 3.8) is 0 Å². The van der Waals surface area contributed by atoms with Gasteiger partial charge in [-0.1, -0.05) is 30.3 Å². The molecule has 3 heterocycles. The molecule has 0 saturated carbocycles. The molecular weight excluding hydrogens is 470 g/mol. The summed E-state index contributed by atoms with van der Waals surface area (Å²) >= 11 is 1.14. The molecule has 1 saturated heterocycles. The quantitative estimate of drug-likeness (QED) is 0.654. The van der Waals surface area contributed by atoms with E-state index in [0.29, 0.717) is 38.9 Å². The molecule has 2 aliphatic rings. The molecule has 32 heavy (non-hydrogen) atoms. The highest BCUT2D eigenvalue weighted by molar-refractivity contribution is 7.91. The second-order valence-electron chi connectivity index (χ2n) is 8.32. The summed E-state index contributed by atoms with van der Waals surface area (Å²) in [6.45, 7) is 1.44. The molecule has 0 bridgehead atoms. The number of carbonyl (C=O) groups is 1. The van der Waals surface area contributed by atoms with Gasteiger partial charge < -0.3 is 5.32 Å². The summed E-state index contributed by atoms with van der Waals surface area (Å²) in [6.07, 6.45) is 2.86. The summed E-state index contributed by atoms with van der Waals surface area (Å²) in [4.78, 5) is 13.2. The molecule has 0 aliphatic carbocycles. The minimum atomic E-state index is -3.80. The fourth-order valence-electron chi connectivity index (χ4n) is 4.31. The van der Waals surface area contributed by atoms with Crippen LogP contribution in [0.25, 0.3) is 0 Å². The van der Waals surface area contributed by atoms with Crippen molar-refractivity contribution in [1.82, 2.24) is 13.9 Å². The predicted octanol–water partition coefficient (Wildman–Crippen LogP) is 1.65. The molecule has 2 aromatic rings. The van der Waals surface area contributed by atoms with Gasteiger partial charge in [0.1, 0.15) is 10.3 Å². The van der Waals surface area contributed by atoms with E-state index in [1.165, 1.54) is 14.9 Å². The number of nitrogens with one attached hydrogen (secondary N) is 1. The van der Waals surface area contributed by atoms with E-state index in [1.807, 2.05) is 24.3 Å². The molecule has 0 unspecified atom stereocenters. The molecule has 2 aliphatic heterocycles. The van der Waals surface area contributed by atoms with Gasteiger partial charge in [0.05, 0.1) is 6.26 Å². The molecule has 8 nitrogen and oxygen atoms in total. The van der Waals surface area contributed by atoms with Crippen LogP contribution in [0.15, 0.2) is 46.0 Å². The first-order valence-corrected chi connectivity index (χ1v) is 14.7. The number of piperidine rings is 1. The monoisotopic (exact) mass is 497 g/mol. The highest BCUT2D eigenvalue weighted by Gasteiger charge is 2.40. The molecule has 0 spiro atoms. The maximum absolute atomic E-state index is 13.3. The fraction of sp³-hybridized carbons (Fsp3) is 0.476. The van der Waals surface area contributed by atoms with Crippen molar-refractivity contribution >= 4 is 37.3 Å². The van der Waals surface area contributed by atoms with E-state index in [2.05, 4.69) is 5.32 Å². The number of rotatable bonds is 6. The normalized spacial score (nSPS) is 21.2. The van der Waals surface area contributed by atoms with E-state index in [9.17, 15) is 21.6 Å². The Kier molecular flexibility index (Phi) is 6.73. The fourth-order valence-corrected chi connectivity index (χ4v) is 7.87. The van der Waals surface area contributed by atoms with Gasteiger partial charge in [0.25, 0.3) is 10.0 Å². The largest absolute Gasteiger partial charge is 0.354 e. The molecule has 1 atom stereocenters. The van der Waals surface area contributed by atoms with Crippen LogP contribution in [0.4, 0.5) is 0 Å². The van der Waals surface area contributed by atoms with Crippen LogP contribution in [-0.2, 0) is 37.8 Å². The van der Waals surface area contributed by atoms with E-state index < -0.39 is 26.1 Å². The third-order valence-corrected chi connectivity index (χ3v) is 10.7. The maximum Gasteiger partial charge on any atom is 0.253 e. The van der Waals surface area contributed by atoms with Crippen LogP contribution >= 0.6 is 11.3 Å². The molecule has 1 amide bonds. The average molecular weight is 498 g/mol. The van der Waals surface area contributed by atoms with Crippen molar-refractivity contribution < 1.29 is 21.6 Å². The minimum Gasteiger partial charge on any atom is -0.354 e. The van der Waals surface area contributed by atoms with Gasteiger partial charge in [0.2, 0.25) is 15.9 Å². The van der Waals surface area contributed by atoms with E-state index in [4.69, 9.17) is 0 Å². The van der Waals surface area contributed by atoms with Crippen molar-refractivity contribution in [2.24, 2.45) is 5.92 Å². The standard InChI is InChI=1S/C21H27N3O5S3/c1-31(26,27)23-10-8-16(9-11-23)14-22-21(25)19-13-17-5-2-3-6-18(17)15-24(19)32(28,29)20-7-4-12-30-20/h2-7,12,16,19H,8-11,13-15H2,1H3,(H,22,25)/t19-/m0/s1. The van der Waals surface area contributed by atoms with Crippen molar-refractivity contribution in [3.05, 3.63) is 52.9 Å². The van der Waals surface area contributed by atoms with Gasteiger partial charge in [-0.2, -0.15) is 4.31 Å². The molecule has 1 N–H and O–H groups in total. The molecule has 4 rings (SSSR count). The number of amides is 1. The molecule has 1 aromatic heterocycles. The minimum absolute atomic E-state index is 0.154. The number of sulfonamides is 2. The topological polar surface area (TPSA) is 104 Å². The Morgan fingerprint density at radius 1 is 1.06 bits per heavy atom. The van der Waals surface area contributed by atoms with Crippen molar-refractivity contribution in [1.29, 1.82) is 0 Å². The second-order valence-corrected chi connectivity index (χ2v) is 13.4. The number of hydrogen-bond acceptors (Lipinski definition) is 6. The van der Waals surface area contributed by atoms with E-state index in [0.717, 1.165) is 22.5 Å². The lowest BCUT2D eigenvalue weighted by Gasteiger charge is -2.35. The Bertz CT molecular complexity index is 1170. The Labute approximate surface area is 193 Å². The number of benzene rings is 1. The Morgan fingerprint density at radius 2 is 1.75 bits per heavy atom. The highest BCUT2D eigenvalue weighted by atomic mass is 32.2. The summed E-state index contributed by atoms with van der Waals surface area (Å²) in [6, 6.07) is 10.0. The lowest BCUT2D eigenvalue weighted by molar-refractivity contribution is -0.125. The summed E-state index contributed by atoms with van der Waals surface area (Å²) in [7, 11) is -7.00. The van der Waals surface area contributed by atoms with Gasteiger partial charge in [-0.15, -0.1) is 11.3 Å². The maximum atomic E-state index is 13.3. The molecule has 1 aromatic carbocycles. The van der Waals surface area contributed by atoms with Crippen LogP contribution < -0.4 is 5.32 Å². The second kappa shape index (κ2) is 9.22. The third kappa shape index (κ3) is 4.91. The van der Waals surface area contributed by atoms with Gasteiger partial charge >= 0.3 is 0 Å². The highest BCUT2D eigenvalue weighted by Crippen LogP contribution is 2.31. The third-order valence-electron chi connectivity index (χ3n) is 6.17. The molecule has 174 valence electrons. The summed E-state index contributed by atoms with van der Waals surface area (Å²) < 4.78 is 53.0. The Hall–Kier alpha value is -1.79. The van der Waals surface area contributed by atoms with Crippen molar-refractivity contribution in [2.45, 2.75) is 36.1 Å². The van der Waals surface area contributed by atoms with E-state index in [-0.39, 0.29) is 22.6 Å². The first-order valence-electron chi connectivity index (χ1n) is 10.5. The van der Waals surface area contributed by atoms with E-state index >= 15 is 0 Å². The molecule has 1 fully saturated rings. The first kappa shape index (κ1) is 23.4. The Balaban J connectivity index is 1.48. The summed E-state index contributed by atoms with van der Waals surface area (Å²) in [5.41, 5.74) is 1.89. The van der Waals surface area contributed by atoms with Crippen molar-refractivity contribution in [3.8, 4) is 0 Å². The summed E-state index contributed by atoms with van der Waals surface area (Å²) in [5, 5.41) is 4.66. The Morgan fingerprint density at radius 3 is 2.38 bits per heavy atom. The number of thiophene rings is 1. The number of carbonyl (C=O) groups excluding carboxylic acids is 1. The molecule has 11 heteroatoms. The lowest BCUT2D eigenvalue weighted by atomic mass is 9.94. The lowest BCUT2D eigenvalue weighted by Crippen LogP contribution is -2.53. The van der Waals surface area contributed by atoms with Gasteiger partial charge in [-0.3, -0.25) is 4.79 Å². The van der Waals surface area contributed by atoms with Gasteiger partial charge in [0, 0.05) is 26.2 Å². The van der Waals surface area contributed by atoms with E-state index in [1.54, 1.807) is 17.5 Å². The predicted molar refractivity (Wildman–Crippen MR) is 123 cm³/mol. The van der Waals surface area contributed by atoms with Crippen molar-refractivity contribution in [2.75, 3.05) is 25.9 Å². The van der Waals surface area contributed by atoms with Gasteiger partial charge in [-0.05, 0) is 47.8 Å². The van der Waals surface area contributed by atoms with Crippen LogP contribution in [0.3, 0.4) is 0 Å². The van der Waals surface area contributed by atoms with Crippen LogP contribution in [-0.4, -0.2) is 63.3 Å². The smallest absolute Gasteiger partial charge is 0.253 e. The number of hydrogen-bond donors (Lipinski definition) is 1. The van der Waals surface area contributed by atoms with Crippen LogP contribution in [0.1, 0.15) is 24.0 Å². The zero-order valence-corrected chi connectivity index (χ0v) is 20.3. The van der Waals surface area contributed by atoms with Crippen LogP contribution in [0.2, 0.25) is 0 Å². The zero-order chi connectivity index (χ0) is 22.9. The van der Waals surface area contributed by atoms with Crippen LogP contribution in [0.5, 0.6) is 0 Å². The summed E-state index contributed by atoms with van der Waals surface area (Å²) in [5.74, 6) is -0.152. The van der Waals surface area contributed by atoms with Gasteiger partial charge in [-0.25, -0.2) is 21.1 Å². The first-order chi connectivity index (χ1) is 15.2.